The van der Waals surface area contributed by atoms with Crippen LogP contribution in [0.1, 0.15) is 29.7 Å². The van der Waals surface area contributed by atoms with Gasteiger partial charge in [-0.15, -0.1) is 24.0 Å². The standard InChI is InChI=1S/C20H27FN4O.HI/c1-15-13-17(9-10-18(15)21)14-24-20(22-3)23-11-4-5-12-25-16(2)7-6-8-19(25)26;/h6-10,13H,4-5,11-12,14H2,1-3H3,(H2,22,23,24);1H. The molecule has 1 heterocycles. The minimum Gasteiger partial charge on any atom is -0.356 e. The second-order valence-corrected chi connectivity index (χ2v) is 6.30. The van der Waals surface area contributed by atoms with Gasteiger partial charge in [0.1, 0.15) is 5.82 Å². The maximum atomic E-state index is 13.3. The van der Waals surface area contributed by atoms with E-state index in [2.05, 4.69) is 15.6 Å². The number of unbranched alkanes of at least 4 members (excludes halogenated alkanes) is 1. The fourth-order valence-corrected chi connectivity index (χ4v) is 2.73. The van der Waals surface area contributed by atoms with Crippen molar-refractivity contribution >= 4 is 29.9 Å². The molecular weight excluding hydrogens is 458 g/mol. The first kappa shape index (κ1) is 23.1. The van der Waals surface area contributed by atoms with Crippen LogP contribution in [-0.2, 0) is 13.1 Å². The zero-order valence-electron chi connectivity index (χ0n) is 16.1. The van der Waals surface area contributed by atoms with Gasteiger partial charge in [-0.1, -0.05) is 18.2 Å². The number of nitrogens with zero attached hydrogens (tertiary/aromatic N) is 2. The Morgan fingerprint density at radius 1 is 1.15 bits per heavy atom. The molecule has 0 bridgehead atoms. The van der Waals surface area contributed by atoms with Gasteiger partial charge >= 0.3 is 0 Å². The maximum absolute atomic E-state index is 13.3. The summed E-state index contributed by atoms with van der Waals surface area (Å²) in [6.07, 6.45) is 1.84. The van der Waals surface area contributed by atoms with Crippen molar-refractivity contribution in [2.24, 2.45) is 4.99 Å². The molecule has 27 heavy (non-hydrogen) atoms. The van der Waals surface area contributed by atoms with Gasteiger partial charge in [0, 0.05) is 38.4 Å². The van der Waals surface area contributed by atoms with Crippen LogP contribution in [0.4, 0.5) is 4.39 Å². The molecule has 0 fully saturated rings. The predicted molar refractivity (Wildman–Crippen MR) is 119 cm³/mol. The Labute approximate surface area is 177 Å². The molecule has 7 heteroatoms. The first-order chi connectivity index (χ1) is 12.5. The molecule has 0 spiro atoms. The molecule has 0 amide bonds. The normalized spacial score (nSPS) is 11.0. The van der Waals surface area contributed by atoms with Crippen molar-refractivity contribution in [3.8, 4) is 0 Å². The first-order valence-electron chi connectivity index (χ1n) is 8.87. The van der Waals surface area contributed by atoms with Gasteiger partial charge in [-0.05, 0) is 49.9 Å². The van der Waals surface area contributed by atoms with E-state index in [1.54, 1.807) is 36.7 Å². The van der Waals surface area contributed by atoms with Gasteiger partial charge in [0.05, 0.1) is 0 Å². The molecule has 0 aliphatic heterocycles. The van der Waals surface area contributed by atoms with Crippen molar-refractivity contribution in [2.75, 3.05) is 13.6 Å². The van der Waals surface area contributed by atoms with Gasteiger partial charge in [0.15, 0.2) is 5.96 Å². The van der Waals surface area contributed by atoms with Crippen molar-refractivity contribution in [2.45, 2.75) is 39.8 Å². The van der Waals surface area contributed by atoms with E-state index < -0.39 is 0 Å². The van der Waals surface area contributed by atoms with Gasteiger partial charge in [0.25, 0.3) is 5.56 Å². The van der Waals surface area contributed by atoms with E-state index in [1.807, 2.05) is 19.1 Å². The van der Waals surface area contributed by atoms with Crippen LogP contribution in [0, 0.1) is 19.7 Å². The molecular formula is C20H28FIN4O. The molecule has 0 atom stereocenters. The van der Waals surface area contributed by atoms with Gasteiger partial charge in [-0.3, -0.25) is 9.79 Å². The molecule has 1 aromatic carbocycles. The summed E-state index contributed by atoms with van der Waals surface area (Å²) in [6, 6.07) is 10.4. The third-order valence-electron chi connectivity index (χ3n) is 4.27. The molecule has 1 aromatic heterocycles. The van der Waals surface area contributed by atoms with Crippen LogP contribution in [0.5, 0.6) is 0 Å². The summed E-state index contributed by atoms with van der Waals surface area (Å²) < 4.78 is 15.1. The lowest BCUT2D eigenvalue weighted by molar-refractivity contribution is 0.575. The first-order valence-corrected chi connectivity index (χ1v) is 8.87. The van der Waals surface area contributed by atoms with Gasteiger partial charge in [-0.25, -0.2) is 4.39 Å². The third kappa shape index (κ3) is 7.32. The quantitative estimate of drug-likeness (QED) is 0.273. The number of guanidine groups is 1. The third-order valence-corrected chi connectivity index (χ3v) is 4.27. The average molecular weight is 486 g/mol. The van der Waals surface area contributed by atoms with Crippen LogP contribution >= 0.6 is 24.0 Å². The lowest BCUT2D eigenvalue weighted by atomic mass is 10.1. The molecule has 0 unspecified atom stereocenters. The maximum Gasteiger partial charge on any atom is 0.250 e. The summed E-state index contributed by atoms with van der Waals surface area (Å²) in [4.78, 5) is 16.0. The Morgan fingerprint density at radius 2 is 1.93 bits per heavy atom. The molecule has 2 N–H and O–H groups in total. The summed E-state index contributed by atoms with van der Waals surface area (Å²) in [6.45, 7) is 5.77. The Bertz CT molecular complexity index is 820. The summed E-state index contributed by atoms with van der Waals surface area (Å²) in [5.41, 5.74) is 2.67. The van der Waals surface area contributed by atoms with Crippen LogP contribution in [0.3, 0.4) is 0 Å². The van der Waals surface area contributed by atoms with Gasteiger partial charge in [0.2, 0.25) is 0 Å². The van der Waals surface area contributed by atoms with Crippen LogP contribution in [0.15, 0.2) is 46.2 Å². The highest BCUT2D eigenvalue weighted by molar-refractivity contribution is 14.0. The summed E-state index contributed by atoms with van der Waals surface area (Å²) >= 11 is 0. The van der Waals surface area contributed by atoms with Crippen molar-refractivity contribution in [3.05, 3.63) is 69.4 Å². The summed E-state index contributed by atoms with van der Waals surface area (Å²) in [7, 11) is 1.72. The summed E-state index contributed by atoms with van der Waals surface area (Å²) in [5, 5.41) is 6.48. The largest absolute Gasteiger partial charge is 0.356 e. The molecule has 0 aliphatic carbocycles. The number of nitrogens with one attached hydrogen (secondary N) is 2. The van der Waals surface area contributed by atoms with E-state index in [0.29, 0.717) is 24.6 Å². The van der Waals surface area contributed by atoms with Crippen molar-refractivity contribution in [1.82, 2.24) is 15.2 Å². The Morgan fingerprint density at radius 3 is 2.59 bits per heavy atom. The summed E-state index contributed by atoms with van der Waals surface area (Å²) in [5.74, 6) is 0.518. The molecule has 5 nitrogen and oxygen atoms in total. The smallest absolute Gasteiger partial charge is 0.250 e. The number of aryl methyl sites for hydroxylation is 2. The molecule has 2 rings (SSSR count). The van der Waals surface area contributed by atoms with Crippen LogP contribution < -0.4 is 16.2 Å². The average Bonchev–Trinajstić information content (AvgIpc) is 2.62. The second kappa shape index (κ2) is 11.7. The fraction of sp³-hybridized carbons (Fsp3) is 0.400. The van der Waals surface area contributed by atoms with E-state index in [-0.39, 0.29) is 35.4 Å². The van der Waals surface area contributed by atoms with Gasteiger partial charge in [-0.2, -0.15) is 0 Å². The van der Waals surface area contributed by atoms with E-state index in [4.69, 9.17) is 0 Å². The zero-order valence-corrected chi connectivity index (χ0v) is 18.4. The Hall–Kier alpha value is -1.90. The molecule has 2 aromatic rings. The molecule has 148 valence electrons. The predicted octanol–water partition coefficient (Wildman–Crippen LogP) is 3.37. The second-order valence-electron chi connectivity index (χ2n) is 6.30. The lowest BCUT2D eigenvalue weighted by Gasteiger charge is -2.13. The molecule has 0 radical (unpaired) electrons. The van der Waals surface area contributed by atoms with E-state index in [9.17, 15) is 9.18 Å². The zero-order chi connectivity index (χ0) is 18.9. The van der Waals surface area contributed by atoms with E-state index in [0.717, 1.165) is 30.6 Å². The Kier molecular flexibility index (Phi) is 10.1. The molecule has 0 saturated carbocycles. The topological polar surface area (TPSA) is 58.4 Å². The van der Waals surface area contributed by atoms with E-state index >= 15 is 0 Å². The molecule has 0 aliphatic rings. The number of aromatic nitrogens is 1. The fourth-order valence-electron chi connectivity index (χ4n) is 2.73. The highest BCUT2D eigenvalue weighted by Crippen LogP contribution is 2.08. The van der Waals surface area contributed by atoms with E-state index in [1.165, 1.54) is 6.07 Å². The van der Waals surface area contributed by atoms with Crippen molar-refractivity contribution in [1.29, 1.82) is 0 Å². The number of pyridine rings is 1. The SMILES string of the molecule is CN=C(NCCCCn1c(C)cccc1=O)NCc1ccc(F)c(C)c1.I. The number of halogens is 2. The number of hydrogen-bond acceptors (Lipinski definition) is 2. The minimum absolute atomic E-state index is 0. The number of aliphatic imine (C=N–C) groups is 1. The van der Waals surface area contributed by atoms with Crippen molar-refractivity contribution in [3.63, 3.8) is 0 Å². The van der Waals surface area contributed by atoms with Gasteiger partial charge < -0.3 is 15.2 Å². The Balaban J connectivity index is 0.00000364. The minimum atomic E-state index is -0.191. The van der Waals surface area contributed by atoms with Crippen LogP contribution in [0.25, 0.3) is 0 Å². The van der Waals surface area contributed by atoms with Crippen LogP contribution in [-0.4, -0.2) is 24.1 Å². The van der Waals surface area contributed by atoms with Crippen LogP contribution in [0.2, 0.25) is 0 Å². The number of rotatable bonds is 7. The number of benzene rings is 1. The molecule has 0 saturated heterocycles. The monoisotopic (exact) mass is 486 g/mol. The highest BCUT2D eigenvalue weighted by Gasteiger charge is 2.02. The lowest BCUT2D eigenvalue weighted by Crippen LogP contribution is -2.37. The number of hydrogen-bond donors (Lipinski definition) is 2. The van der Waals surface area contributed by atoms with Crippen molar-refractivity contribution < 1.29 is 4.39 Å². The highest BCUT2D eigenvalue weighted by atomic mass is 127.